The molecular formula is C24H31ClN2O3S. The highest BCUT2D eigenvalue weighted by Gasteiger charge is 2.26. The van der Waals surface area contributed by atoms with Crippen LogP contribution in [0.25, 0.3) is 0 Å². The minimum absolute atomic E-state index is 0.0579. The van der Waals surface area contributed by atoms with Crippen molar-refractivity contribution in [2.24, 2.45) is 0 Å². The van der Waals surface area contributed by atoms with E-state index in [0.717, 1.165) is 23.3 Å². The number of benzene rings is 2. The van der Waals surface area contributed by atoms with Crippen molar-refractivity contribution in [1.29, 1.82) is 0 Å². The van der Waals surface area contributed by atoms with Crippen molar-refractivity contribution >= 4 is 35.2 Å². The van der Waals surface area contributed by atoms with E-state index in [9.17, 15) is 9.59 Å². The van der Waals surface area contributed by atoms with Crippen LogP contribution in [0, 0.1) is 0 Å². The van der Waals surface area contributed by atoms with E-state index >= 15 is 0 Å². The molecule has 0 aliphatic rings. The van der Waals surface area contributed by atoms with Crippen molar-refractivity contribution in [1.82, 2.24) is 10.2 Å². The van der Waals surface area contributed by atoms with Crippen molar-refractivity contribution in [3.8, 4) is 5.75 Å². The van der Waals surface area contributed by atoms with Gasteiger partial charge < -0.3 is 15.0 Å². The third-order valence-corrected chi connectivity index (χ3v) is 6.46. The first kappa shape index (κ1) is 25.1. The van der Waals surface area contributed by atoms with Crippen LogP contribution in [-0.4, -0.2) is 41.7 Å². The van der Waals surface area contributed by atoms with Crippen molar-refractivity contribution in [3.63, 3.8) is 0 Å². The van der Waals surface area contributed by atoms with Crippen LogP contribution in [0.15, 0.2) is 48.5 Å². The fraction of sp³-hybridized carbons (Fsp3) is 0.417. The topological polar surface area (TPSA) is 58.6 Å². The number of hydrogen-bond acceptors (Lipinski definition) is 4. The van der Waals surface area contributed by atoms with Gasteiger partial charge in [-0.2, -0.15) is 0 Å². The third kappa shape index (κ3) is 7.78. The molecule has 2 atom stereocenters. The van der Waals surface area contributed by atoms with E-state index in [-0.39, 0.29) is 23.6 Å². The fourth-order valence-corrected chi connectivity index (χ4v) is 4.12. The number of thioether (sulfide) groups is 1. The van der Waals surface area contributed by atoms with E-state index in [2.05, 4.69) is 5.32 Å². The van der Waals surface area contributed by atoms with Gasteiger partial charge in [-0.25, -0.2) is 0 Å². The Hall–Kier alpha value is -2.18. The molecule has 0 aliphatic heterocycles. The zero-order chi connectivity index (χ0) is 22.8. The third-order valence-electron chi connectivity index (χ3n) is 5.12. The maximum atomic E-state index is 13.1. The largest absolute Gasteiger partial charge is 0.497 e. The number of rotatable bonds is 11. The molecule has 2 aromatic rings. The first-order chi connectivity index (χ1) is 14.8. The summed E-state index contributed by atoms with van der Waals surface area (Å²) in [5.74, 6) is 1.42. The van der Waals surface area contributed by atoms with Crippen LogP contribution in [0.5, 0.6) is 5.75 Å². The summed E-state index contributed by atoms with van der Waals surface area (Å²) < 4.78 is 5.21. The summed E-state index contributed by atoms with van der Waals surface area (Å²) >= 11 is 7.71. The molecule has 2 unspecified atom stereocenters. The lowest BCUT2D eigenvalue weighted by atomic mass is 10.1. The number of carbonyl (C=O) groups excluding carboxylic acids is 2. The zero-order valence-corrected chi connectivity index (χ0v) is 20.1. The van der Waals surface area contributed by atoms with Gasteiger partial charge >= 0.3 is 0 Å². The van der Waals surface area contributed by atoms with Crippen LogP contribution in [0.3, 0.4) is 0 Å². The second-order valence-corrected chi connectivity index (χ2v) is 8.84. The van der Waals surface area contributed by atoms with Gasteiger partial charge in [0.1, 0.15) is 11.8 Å². The first-order valence-corrected chi connectivity index (χ1v) is 11.9. The van der Waals surface area contributed by atoms with Gasteiger partial charge in [0, 0.05) is 23.4 Å². The molecule has 0 bridgehead atoms. The molecule has 2 rings (SSSR count). The van der Waals surface area contributed by atoms with E-state index in [0.29, 0.717) is 17.3 Å². The smallest absolute Gasteiger partial charge is 0.242 e. The highest BCUT2D eigenvalue weighted by Crippen LogP contribution is 2.22. The van der Waals surface area contributed by atoms with Gasteiger partial charge in [-0.05, 0) is 49.6 Å². The van der Waals surface area contributed by atoms with Gasteiger partial charge in [-0.15, -0.1) is 11.8 Å². The summed E-state index contributed by atoms with van der Waals surface area (Å²) in [6.45, 7) is 6.10. The molecule has 5 nitrogen and oxygen atoms in total. The second-order valence-electron chi connectivity index (χ2n) is 7.45. The Morgan fingerprint density at radius 1 is 1.13 bits per heavy atom. The summed E-state index contributed by atoms with van der Waals surface area (Å²) in [5.41, 5.74) is 1.93. The Kier molecular flexibility index (Phi) is 10.2. The molecular weight excluding hydrogens is 432 g/mol. The van der Waals surface area contributed by atoms with Crippen LogP contribution >= 0.6 is 23.4 Å². The molecule has 1 N–H and O–H groups in total. The molecule has 0 fully saturated rings. The number of hydrogen-bond donors (Lipinski definition) is 1. The minimum Gasteiger partial charge on any atom is -0.497 e. The average Bonchev–Trinajstić information content (AvgIpc) is 2.78. The molecule has 0 saturated heterocycles. The molecule has 0 aromatic heterocycles. The number of ether oxygens (including phenoxy) is 1. The lowest BCUT2D eigenvalue weighted by molar-refractivity contribution is -0.138. The molecule has 0 saturated carbocycles. The number of methoxy groups -OCH3 is 1. The Morgan fingerprint density at radius 3 is 2.42 bits per heavy atom. The SMILES string of the molecule is CCC(C)NC(=O)C(C)N(Cc1ccc(OC)cc1)C(=O)CSCc1ccccc1Cl. The van der Waals surface area contributed by atoms with Crippen molar-refractivity contribution in [3.05, 3.63) is 64.7 Å². The summed E-state index contributed by atoms with van der Waals surface area (Å²) in [4.78, 5) is 27.5. The summed E-state index contributed by atoms with van der Waals surface area (Å²) in [6, 6.07) is 14.6. The highest BCUT2D eigenvalue weighted by molar-refractivity contribution is 7.99. The van der Waals surface area contributed by atoms with Crippen molar-refractivity contribution in [2.75, 3.05) is 12.9 Å². The van der Waals surface area contributed by atoms with E-state index in [4.69, 9.17) is 16.3 Å². The number of amides is 2. The lowest BCUT2D eigenvalue weighted by Crippen LogP contribution is -2.50. The zero-order valence-electron chi connectivity index (χ0n) is 18.6. The molecule has 0 spiro atoms. The monoisotopic (exact) mass is 462 g/mol. The van der Waals surface area contributed by atoms with Gasteiger partial charge in [0.2, 0.25) is 11.8 Å². The van der Waals surface area contributed by atoms with Gasteiger partial charge in [0.05, 0.1) is 12.9 Å². The van der Waals surface area contributed by atoms with Crippen molar-refractivity contribution < 1.29 is 14.3 Å². The lowest BCUT2D eigenvalue weighted by Gasteiger charge is -2.29. The standard InChI is InChI=1S/C24H31ClN2O3S/c1-5-17(2)26-24(29)18(3)27(14-19-10-12-21(30-4)13-11-19)23(28)16-31-15-20-8-6-7-9-22(20)25/h6-13,17-18H,5,14-16H2,1-4H3,(H,26,29). The predicted octanol–water partition coefficient (Wildman–Crippen LogP) is 4.91. The molecule has 0 radical (unpaired) electrons. The highest BCUT2D eigenvalue weighted by atomic mass is 35.5. The summed E-state index contributed by atoms with van der Waals surface area (Å²) in [5, 5.41) is 3.67. The molecule has 168 valence electrons. The van der Waals surface area contributed by atoms with Crippen LogP contribution in [0.2, 0.25) is 5.02 Å². The minimum atomic E-state index is -0.579. The molecule has 2 amide bonds. The molecule has 31 heavy (non-hydrogen) atoms. The molecule has 0 aliphatic carbocycles. The second kappa shape index (κ2) is 12.6. The fourth-order valence-electron chi connectivity index (χ4n) is 2.92. The van der Waals surface area contributed by atoms with Gasteiger partial charge in [0.15, 0.2) is 0 Å². The maximum absolute atomic E-state index is 13.1. The Bertz CT molecular complexity index is 860. The number of nitrogens with one attached hydrogen (secondary N) is 1. The number of halogens is 1. The van der Waals surface area contributed by atoms with Crippen molar-refractivity contribution in [2.45, 2.75) is 51.6 Å². The van der Waals surface area contributed by atoms with E-state index in [1.807, 2.05) is 62.4 Å². The number of nitrogens with zero attached hydrogens (tertiary/aromatic N) is 1. The predicted molar refractivity (Wildman–Crippen MR) is 129 cm³/mol. The van der Waals surface area contributed by atoms with Crippen LogP contribution in [0.1, 0.15) is 38.3 Å². The molecule has 0 heterocycles. The van der Waals surface area contributed by atoms with Gasteiger partial charge in [-0.3, -0.25) is 9.59 Å². The first-order valence-electron chi connectivity index (χ1n) is 10.4. The van der Waals surface area contributed by atoms with E-state index in [1.165, 1.54) is 11.8 Å². The van der Waals surface area contributed by atoms with Gasteiger partial charge in [0.25, 0.3) is 0 Å². The Balaban J connectivity index is 2.09. The Labute approximate surface area is 194 Å². The normalized spacial score (nSPS) is 12.7. The average molecular weight is 463 g/mol. The van der Waals surface area contributed by atoms with Crippen LogP contribution in [-0.2, 0) is 21.9 Å². The maximum Gasteiger partial charge on any atom is 0.242 e. The van der Waals surface area contributed by atoms with Gasteiger partial charge in [-0.1, -0.05) is 48.9 Å². The summed E-state index contributed by atoms with van der Waals surface area (Å²) in [6.07, 6.45) is 0.832. The molecule has 2 aromatic carbocycles. The Morgan fingerprint density at radius 2 is 1.81 bits per heavy atom. The quantitative estimate of drug-likeness (QED) is 0.515. The van der Waals surface area contributed by atoms with Crippen LogP contribution < -0.4 is 10.1 Å². The van der Waals surface area contributed by atoms with E-state index < -0.39 is 6.04 Å². The van der Waals surface area contributed by atoms with Crippen LogP contribution in [0.4, 0.5) is 0 Å². The van der Waals surface area contributed by atoms with E-state index in [1.54, 1.807) is 18.9 Å². The number of carbonyl (C=O) groups is 2. The molecule has 7 heteroatoms. The summed E-state index contributed by atoms with van der Waals surface area (Å²) in [7, 11) is 1.61.